The quantitative estimate of drug-likeness (QED) is 0.726. The van der Waals surface area contributed by atoms with Crippen molar-refractivity contribution in [3.05, 3.63) is 35.4 Å². The van der Waals surface area contributed by atoms with Crippen molar-refractivity contribution in [3.8, 4) is 0 Å². The zero-order chi connectivity index (χ0) is 13.7. The normalized spacial score (nSPS) is 23.7. The summed E-state index contributed by atoms with van der Waals surface area (Å²) in [5.74, 6) is -0.157. The molecule has 0 aromatic heterocycles. The van der Waals surface area contributed by atoms with Gasteiger partial charge in [0, 0.05) is 5.56 Å². The van der Waals surface area contributed by atoms with Crippen LogP contribution in [-0.2, 0) is 6.61 Å². The third-order valence-electron chi connectivity index (χ3n) is 3.69. The summed E-state index contributed by atoms with van der Waals surface area (Å²) in [7, 11) is 0. The average molecular weight is 263 g/mol. The fourth-order valence-corrected chi connectivity index (χ4v) is 2.47. The van der Waals surface area contributed by atoms with Crippen molar-refractivity contribution >= 4 is 5.91 Å². The molecule has 0 radical (unpaired) electrons. The van der Waals surface area contributed by atoms with Gasteiger partial charge >= 0.3 is 0 Å². The van der Waals surface area contributed by atoms with Crippen LogP contribution in [0.5, 0.6) is 0 Å². The highest BCUT2D eigenvalue weighted by atomic mass is 16.3. The maximum absolute atomic E-state index is 12.1. The number of nitrogens with one attached hydrogen (secondary N) is 1. The number of carbonyl (C=O) groups excluding carboxylic acids is 1. The summed E-state index contributed by atoms with van der Waals surface area (Å²) in [6, 6.07) is 6.72. The average Bonchev–Trinajstić information content (AvgIpc) is 2.64. The molecule has 4 nitrogen and oxygen atoms in total. The highest BCUT2D eigenvalue weighted by molar-refractivity contribution is 5.94. The van der Waals surface area contributed by atoms with Crippen molar-refractivity contribution in [3.63, 3.8) is 0 Å². The Morgan fingerprint density at radius 2 is 1.84 bits per heavy atom. The van der Waals surface area contributed by atoms with E-state index in [2.05, 4.69) is 5.32 Å². The fourth-order valence-electron chi connectivity index (χ4n) is 2.47. The Hall–Kier alpha value is -1.39. The first-order chi connectivity index (χ1) is 9.20. The minimum Gasteiger partial charge on any atom is -0.392 e. The molecule has 1 aliphatic rings. The Morgan fingerprint density at radius 3 is 2.53 bits per heavy atom. The summed E-state index contributed by atoms with van der Waals surface area (Å²) in [5, 5.41) is 21.9. The molecule has 0 aliphatic heterocycles. The van der Waals surface area contributed by atoms with Gasteiger partial charge < -0.3 is 15.5 Å². The molecule has 1 aliphatic carbocycles. The fraction of sp³-hybridized carbons (Fsp3) is 0.533. The number of carbonyl (C=O) groups is 1. The molecule has 104 valence electrons. The van der Waals surface area contributed by atoms with Gasteiger partial charge in [-0.3, -0.25) is 4.79 Å². The molecule has 1 amide bonds. The second-order valence-electron chi connectivity index (χ2n) is 5.14. The molecule has 4 heteroatoms. The number of hydrogen-bond donors (Lipinski definition) is 3. The number of hydrogen-bond acceptors (Lipinski definition) is 3. The minimum atomic E-state index is -0.442. The second-order valence-corrected chi connectivity index (χ2v) is 5.14. The molecular formula is C15H21NO3. The van der Waals surface area contributed by atoms with E-state index in [4.69, 9.17) is 5.11 Å². The maximum Gasteiger partial charge on any atom is 0.251 e. The van der Waals surface area contributed by atoms with Gasteiger partial charge in [0.25, 0.3) is 5.91 Å². The first-order valence-corrected chi connectivity index (χ1v) is 6.89. The molecule has 0 saturated heterocycles. The van der Waals surface area contributed by atoms with E-state index in [1.54, 1.807) is 24.3 Å². The van der Waals surface area contributed by atoms with Crippen LogP contribution in [0.15, 0.2) is 24.3 Å². The molecule has 19 heavy (non-hydrogen) atoms. The zero-order valence-electron chi connectivity index (χ0n) is 11.0. The van der Waals surface area contributed by atoms with E-state index in [9.17, 15) is 9.90 Å². The van der Waals surface area contributed by atoms with Crippen LogP contribution < -0.4 is 5.32 Å². The molecule has 2 atom stereocenters. The molecule has 2 unspecified atom stereocenters. The van der Waals surface area contributed by atoms with E-state index in [1.165, 1.54) is 0 Å². The minimum absolute atomic E-state index is 0.0246. The van der Waals surface area contributed by atoms with Gasteiger partial charge in [-0.1, -0.05) is 31.4 Å². The zero-order valence-corrected chi connectivity index (χ0v) is 11.0. The van der Waals surface area contributed by atoms with Crippen LogP contribution in [0.2, 0.25) is 0 Å². The van der Waals surface area contributed by atoms with E-state index >= 15 is 0 Å². The first kappa shape index (κ1) is 14.0. The molecule has 1 saturated carbocycles. The molecule has 1 aromatic rings. The lowest BCUT2D eigenvalue weighted by molar-refractivity contribution is 0.0818. The van der Waals surface area contributed by atoms with Crippen molar-refractivity contribution in [1.82, 2.24) is 5.32 Å². The third kappa shape index (κ3) is 3.78. The topological polar surface area (TPSA) is 69.6 Å². The van der Waals surface area contributed by atoms with Gasteiger partial charge in [0.05, 0.1) is 18.8 Å². The van der Waals surface area contributed by atoms with E-state index in [1.807, 2.05) is 0 Å². The van der Waals surface area contributed by atoms with Gasteiger partial charge in [-0.15, -0.1) is 0 Å². The molecule has 1 fully saturated rings. The molecule has 2 rings (SSSR count). The van der Waals surface area contributed by atoms with Gasteiger partial charge in [-0.05, 0) is 30.5 Å². The molecule has 0 heterocycles. The van der Waals surface area contributed by atoms with Gasteiger partial charge in [-0.25, -0.2) is 0 Å². The highest BCUT2D eigenvalue weighted by Gasteiger charge is 2.23. The number of benzene rings is 1. The van der Waals surface area contributed by atoms with Crippen molar-refractivity contribution in [2.24, 2.45) is 0 Å². The predicted molar refractivity (Wildman–Crippen MR) is 72.7 cm³/mol. The SMILES string of the molecule is O=C(NC1CCCCCC1O)c1ccc(CO)cc1. The summed E-state index contributed by atoms with van der Waals surface area (Å²) in [6.07, 6.45) is 4.35. The van der Waals surface area contributed by atoms with Gasteiger partial charge in [0.15, 0.2) is 0 Å². The molecule has 0 bridgehead atoms. The summed E-state index contributed by atoms with van der Waals surface area (Å²) in [5.41, 5.74) is 1.35. The van der Waals surface area contributed by atoms with Gasteiger partial charge in [0.2, 0.25) is 0 Å². The Labute approximate surface area is 113 Å². The van der Waals surface area contributed by atoms with Crippen LogP contribution in [0.1, 0.15) is 48.0 Å². The van der Waals surface area contributed by atoms with E-state index in [0.717, 1.165) is 37.7 Å². The number of amides is 1. The van der Waals surface area contributed by atoms with Crippen LogP contribution in [0, 0.1) is 0 Å². The molecule has 0 spiro atoms. The Kier molecular flexibility index (Phi) is 4.93. The second kappa shape index (κ2) is 6.68. The van der Waals surface area contributed by atoms with Gasteiger partial charge in [-0.2, -0.15) is 0 Å². The largest absolute Gasteiger partial charge is 0.392 e. The lowest BCUT2D eigenvalue weighted by atomic mass is 10.1. The monoisotopic (exact) mass is 263 g/mol. The van der Waals surface area contributed by atoms with Crippen molar-refractivity contribution in [2.75, 3.05) is 0 Å². The van der Waals surface area contributed by atoms with Gasteiger partial charge in [0.1, 0.15) is 0 Å². The smallest absolute Gasteiger partial charge is 0.251 e. The lowest BCUT2D eigenvalue weighted by Gasteiger charge is -2.21. The number of rotatable bonds is 3. The van der Waals surface area contributed by atoms with Crippen LogP contribution in [0.3, 0.4) is 0 Å². The molecule has 3 N–H and O–H groups in total. The van der Waals surface area contributed by atoms with E-state index in [-0.39, 0.29) is 18.6 Å². The van der Waals surface area contributed by atoms with Crippen molar-refractivity contribution in [1.29, 1.82) is 0 Å². The Morgan fingerprint density at radius 1 is 1.16 bits per heavy atom. The van der Waals surface area contributed by atoms with E-state index < -0.39 is 6.10 Å². The molecule has 1 aromatic carbocycles. The summed E-state index contributed by atoms with van der Waals surface area (Å²) < 4.78 is 0. The Bertz CT molecular complexity index is 416. The summed E-state index contributed by atoms with van der Waals surface area (Å²) in [6.45, 7) is -0.0246. The van der Waals surface area contributed by atoms with Crippen LogP contribution in [0.4, 0.5) is 0 Å². The number of aliphatic hydroxyl groups excluding tert-OH is 2. The summed E-state index contributed by atoms with van der Waals surface area (Å²) >= 11 is 0. The lowest BCUT2D eigenvalue weighted by Crippen LogP contribution is -2.42. The Balaban J connectivity index is 1.98. The van der Waals surface area contributed by atoms with Crippen LogP contribution in [0.25, 0.3) is 0 Å². The summed E-state index contributed by atoms with van der Waals surface area (Å²) in [4.78, 5) is 12.1. The standard InChI is InChI=1S/C15H21NO3/c17-10-11-6-8-12(9-7-11)15(19)16-13-4-2-1-3-5-14(13)18/h6-9,13-14,17-18H,1-5,10H2,(H,16,19). The van der Waals surface area contributed by atoms with Crippen molar-refractivity contribution in [2.45, 2.75) is 50.9 Å². The predicted octanol–water partition coefficient (Wildman–Crippen LogP) is 1.60. The van der Waals surface area contributed by atoms with Crippen LogP contribution in [-0.4, -0.2) is 28.3 Å². The third-order valence-corrected chi connectivity index (χ3v) is 3.69. The molecular weight excluding hydrogens is 242 g/mol. The maximum atomic E-state index is 12.1. The van der Waals surface area contributed by atoms with Crippen LogP contribution >= 0.6 is 0 Å². The van der Waals surface area contributed by atoms with Crippen molar-refractivity contribution < 1.29 is 15.0 Å². The first-order valence-electron chi connectivity index (χ1n) is 6.89. The highest BCUT2D eigenvalue weighted by Crippen LogP contribution is 2.18. The number of aliphatic hydroxyl groups is 2. The van der Waals surface area contributed by atoms with E-state index in [0.29, 0.717) is 5.56 Å².